The number of hydrogen-bond acceptors (Lipinski definition) is 3. The second-order valence-corrected chi connectivity index (χ2v) is 4.26. The summed E-state index contributed by atoms with van der Waals surface area (Å²) < 4.78 is 12.7. The van der Waals surface area contributed by atoms with Gasteiger partial charge in [-0.1, -0.05) is 12.1 Å². The monoisotopic (exact) mass is 250 g/mol. The lowest BCUT2D eigenvalue weighted by atomic mass is 10.1. The molecule has 18 heavy (non-hydrogen) atoms. The van der Waals surface area contributed by atoms with Gasteiger partial charge in [-0.15, -0.1) is 5.48 Å². The molecule has 1 aliphatic rings. The Balaban J connectivity index is 1.97. The highest BCUT2D eigenvalue weighted by molar-refractivity contribution is 5.80. The van der Waals surface area contributed by atoms with Gasteiger partial charge in [-0.2, -0.15) is 0 Å². The van der Waals surface area contributed by atoms with Crippen molar-refractivity contribution in [3.8, 4) is 0 Å². The van der Waals surface area contributed by atoms with Gasteiger partial charge < -0.3 is 10.2 Å². The number of hydrogen-bond donors (Lipinski definition) is 2. The molecule has 0 saturated carbocycles. The van der Waals surface area contributed by atoms with Crippen molar-refractivity contribution in [1.29, 1.82) is 0 Å². The van der Waals surface area contributed by atoms with E-state index in [1.807, 2.05) is 6.92 Å². The zero-order chi connectivity index (χ0) is 13.1. The normalized spacial score (nSPS) is 18.7. The lowest BCUT2D eigenvalue weighted by Crippen LogP contribution is -2.32. The van der Waals surface area contributed by atoms with E-state index in [0.717, 1.165) is 11.3 Å². The van der Waals surface area contributed by atoms with E-state index in [0.29, 0.717) is 5.76 Å². The molecule has 0 bridgehead atoms. The number of carbonyl (C=O) groups excluding carboxylic acids is 1. The maximum atomic E-state index is 12.7. The number of nitrogens with one attached hydrogen (secondary N) is 2. The van der Waals surface area contributed by atoms with Crippen molar-refractivity contribution in [2.24, 2.45) is 0 Å². The minimum Gasteiger partial charge on any atom is -0.411 e. The topological polar surface area (TPSA) is 50.4 Å². The third-order valence-corrected chi connectivity index (χ3v) is 2.75. The summed E-state index contributed by atoms with van der Waals surface area (Å²) in [7, 11) is 0. The SMILES string of the molecule is CC1=C(NC(=O)Cc2ccc(F)cc2)C(C)NO1. The first-order valence-corrected chi connectivity index (χ1v) is 5.73. The van der Waals surface area contributed by atoms with E-state index < -0.39 is 0 Å². The van der Waals surface area contributed by atoms with Crippen molar-refractivity contribution >= 4 is 5.91 Å². The summed E-state index contributed by atoms with van der Waals surface area (Å²) in [5.41, 5.74) is 4.27. The molecule has 4 nitrogen and oxygen atoms in total. The molecule has 2 N–H and O–H groups in total. The average Bonchev–Trinajstić information content (AvgIpc) is 2.64. The highest BCUT2D eigenvalue weighted by atomic mass is 19.1. The minimum absolute atomic E-state index is 0.0397. The third kappa shape index (κ3) is 2.87. The van der Waals surface area contributed by atoms with Crippen molar-refractivity contribution in [3.63, 3.8) is 0 Å². The fourth-order valence-electron chi connectivity index (χ4n) is 1.77. The number of hydroxylamine groups is 1. The number of amides is 1. The predicted octanol–water partition coefficient (Wildman–Crippen LogP) is 1.64. The van der Waals surface area contributed by atoms with Gasteiger partial charge in [0.1, 0.15) is 11.6 Å². The molecule has 1 unspecified atom stereocenters. The van der Waals surface area contributed by atoms with E-state index in [9.17, 15) is 9.18 Å². The molecule has 0 fully saturated rings. The van der Waals surface area contributed by atoms with Crippen LogP contribution in [0, 0.1) is 5.82 Å². The molecule has 96 valence electrons. The first kappa shape index (κ1) is 12.6. The number of carbonyl (C=O) groups is 1. The van der Waals surface area contributed by atoms with Crippen molar-refractivity contribution < 1.29 is 14.0 Å². The molecule has 1 aliphatic heterocycles. The molecule has 5 heteroatoms. The maximum Gasteiger partial charge on any atom is 0.228 e. The molecule has 2 rings (SSSR count). The van der Waals surface area contributed by atoms with E-state index in [-0.39, 0.29) is 24.2 Å². The zero-order valence-electron chi connectivity index (χ0n) is 10.3. The van der Waals surface area contributed by atoms with Crippen molar-refractivity contribution in [1.82, 2.24) is 10.8 Å². The van der Waals surface area contributed by atoms with Gasteiger partial charge in [0.15, 0.2) is 0 Å². The van der Waals surface area contributed by atoms with E-state index >= 15 is 0 Å². The van der Waals surface area contributed by atoms with Crippen molar-refractivity contribution in [3.05, 3.63) is 47.1 Å². The fraction of sp³-hybridized carbons (Fsp3) is 0.308. The Bertz CT molecular complexity index is 482. The summed E-state index contributed by atoms with van der Waals surface area (Å²) >= 11 is 0. The van der Waals surface area contributed by atoms with Crippen LogP contribution in [-0.2, 0) is 16.1 Å². The van der Waals surface area contributed by atoms with E-state index in [4.69, 9.17) is 4.84 Å². The first-order valence-electron chi connectivity index (χ1n) is 5.73. The van der Waals surface area contributed by atoms with Crippen molar-refractivity contribution in [2.45, 2.75) is 26.3 Å². The molecule has 1 heterocycles. The molecule has 1 aromatic carbocycles. The smallest absolute Gasteiger partial charge is 0.228 e. The molecule has 0 aromatic heterocycles. The van der Waals surface area contributed by atoms with Gasteiger partial charge in [-0.25, -0.2) is 4.39 Å². The van der Waals surface area contributed by atoms with Gasteiger partial charge >= 0.3 is 0 Å². The number of benzene rings is 1. The summed E-state index contributed by atoms with van der Waals surface area (Å²) in [6.45, 7) is 3.67. The average molecular weight is 250 g/mol. The molecule has 1 amide bonds. The number of halogens is 1. The Morgan fingerprint density at radius 2 is 2.11 bits per heavy atom. The highest BCUT2D eigenvalue weighted by Gasteiger charge is 2.22. The molecule has 0 radical (unpaired) electrons. The Labute approximate surface area is 105 Å². The first-order chi connectivity index (χ1) is 8.56. The van der Waals surface area contributed by atoms with Crippen LogP contribution in [0.2, 0.25) is 0 Å². The Kier molecular flexibility index (Phi) is 3.62. The molecule has 0 aliphatic carbocycles. The molecule has 1 atom stereocenters. The van der Waals surface area contributed by atoms with Gasteiger partial charge in [0.25, 0.3) is 0 Å². The van der Waals surface area contributed by atoms with Crippen LogP contribution in [0.15, 0.2) is 35.7 Å². The maximum absolute atomic E-state index is 12.7. The van der Waals surface area contributed by atoms with Crippen LogP contribution < -0.4 is 10.8 Å². The second kappa shape index (κ2) is 5.18. The molecular formula is C13H15FN2O2. The number of rotatable bonds is 3. The molecule has 0 saturated heterocycles. The van der Waals surface area contributed by atoms with E-state index in [1.54, 1.807) is 19.1 Å². The van der Waals surface area contributed by atoms with Crippen LogP contribution in [0.1, 0.15) is 19.4 Å². The lowest BCUT2D eigenvalue weighted by molar-refractivity contribution is -0.119. The molecule has 1 aromatic rings. The minimum atomic E-state index is -0.306. The third-order valence-electron chi connectivity index (χ3n) is 2.75. The van der Waals surface area contributed by atoms with Crippen LogP contribution in [0.25, 0.3) is 0 Å². The van der Waals surface area contributed by atoms with Gasteiger partial charge in [-0.05, 0) is 31.5 Å². The largest absolute Gasteiger partial charge is 0.411 e. The summed E-state index contributed by atoms with van der Waals surface area (Å²) in [6, 6.07) is 5.85. The quantitative estimate of drug-likeness (QED) is 0.857. The Morgan fingerprint density at radius 1 is 1.44 bits per heavy atom. The number of allylic oxidation sites excluding steroid dienone is 1. The van der Waals surface area contributed by atoms with Crippen LogP contribution in [0.5, 0.6) is 0 Å². The van der Waals surface area contributed by atoms with Crippen LogP contribution in [0.3, 0.4) is 0 Å². The van der Waals surface area contributed by atoms with Crippen LogP contribution >= 0.6 is 0 Å². The standard InChI is InChI=1S/C13H15FN2O2/c1-8-13(9(2)18-16-8)15-12(17)7-10-3-5-11(14)6-4-10/h3-6,8,16H,7H2,1-2H3,(H,15,17). The van der Waals surface area contributed by atoms with Crippen molar-refractivity contribution in [2.75, 3.05) is 0 Å². The molecular weight excluding hydrogens is 235 g/mol. The van der Waals surface area contributed by atoms with Gasteiger partial charge in [0, 0.05) is 0 Å². The summed E-state index contributed by atoms with van der Waals surface area (Å²) in [4.78, 5) is 16.9. The molecule has 0 spiro atoms. The van der Waals surface area contributed by atoms with Crippen LogP contribution in [-0.4, -0.2) is 11.9 Å². The summed E-state index contributed by atoms with van der Waals surface area (Å²) in [5, 5.41) is 2.80. The van der Waals surface area contributed by atoms with Gasteiger partial charge in [0.2, 0.25) is 5.91 Å². The van der Waals surface area contributed by atoms with E-state index in [1.165, 1.54) is 12.1 Å². The summed E-state index contributed by atoms with van der Waals surface area (Å²) in [5.74, 6) is 0.213. The summed E-state index contributed by atoms with van der Waals surface area (Å²) in [6.07, 6.45) is 0.212. The predicted molar refractivity (Wildman–Crippen MR) is 64.6 cm³/mol. The van der Waals surface area contributed by atoms with Gasteiger partial charge in [0.05, 0.1) is 18.2 Å². The van der Waals surface area contributed by atoms with Crippen LogP contribution in [0.4, 0.5) is 4.39 Å². The van der Waals surface area contributed by atoms with E-state index in [2.05, 4.69) is 10.8 Å². The Hall–Kier alpha value is -1.88. The second-order valence-electron chi connectivity index (χ2n) is 4.26. The zero-order valence-corrected chi connectivity index (χ0v) is 10.3. The van der Waals surface area contributed by atoms with Gasteiger partial charge in [-0.3, -0.25) is 4.79 Å². The highest BCUT2D eigenvalue weighted by Crippen LogP contribution is 2.14. The Morgan fingerprint density at radius 3 is 2.67 bits per heavy atom. The fourth-order valence-corrected chi connectivity index (χ4v) is 1.77. The lowest BCUT2D eigenvalue weighted by Gasteiger charge is -2.09.